The van der Waals surface area contributed by atoms with Gasteiger partial charge in [-0.2, -0.15) is 0 Å². The van der Waals surface area contributed by atoms with Crippen LogP contribution in [0.1, 0.15) is 32.3 Å². The van der Waals surface area contributed by atoms with E-state index >= 15 is 0 Å². The highest BCUT2D eigenvalue weighted by Crippen LogP contribution is 2.20. The van der Waals surface area contributed by atoms with Crippen molar-refractivity contribution in [1.29, 1.82) is 0 Å². The van der Waals surface area contributed by atoms with Crippen molar-refractivity contribution in [3.63, 3.8) is 0 Å². The van der Waals surface area contributed by atoms with E-state index in [0.717, 1.165) is 43.7 Å². The Balaban J connectivity index is 1.89. The van der Waals surface area contributed by atoms with Crippen LogP contribution in [0.2, 0.25) is 0 Å². The van der Waals surface area contributed by atoms with Crippen molar-refractivity contribution in [3.05, 3.63) is 29.8 Å². The highest BCUT2D eigenvalue weighted by molar-refractivity contribution is 5.78. The minimum Gasteiger partial charge on any atom is -0.483 e. The molecule has 1 saturated heterocycles. The van der Waals surface area contributed by atoms with E-state index in [-0.39, 0.29) is 18.6 Å². The molecule has 4 heteroatoms. The highest BCUT2D eigenvalue weighted by atomic mass is 16.5. The number of benzene rings is 1. The van der Waals surface area contributed by atoms with E-state index in [0.29, 0.717) is 5.92 Å². The molecule has 116 valence electrons. The average Bonchev–Trinajstić information content (AvgIpc) is 2.52. The quantitative estimate of drug-likeness (QED) is 0.904. The van der Waals surface area contributed by atoms with Crippen molar-refractivity contribution in [2.24, 2.45) is 11.7 Å². The van der Waals surface area contributed by atoms with Crippen LogP contribution in [0, 0.1) is 5.92 Å². The smallest absolute Gasteiger partial charge is 0.260 e. The zero-order chi connectivity index (χ0) is 15.2. The molecule has 0 radical (unpaired) electrons. The van der Waals surface area contributed by atoms with Gasteiger partial charge in [0.1, 0.15) is 5.75 Å². The summed E-state index contributed by atoms with van der Waals surface area (Å²) in [5.41, 5.74) is 7.10. The van der Waals surface area contributed by atoms with Crippen LogP contribution in [0.4, 0.5) is 0 Å². The maximum absolute atomic E-state index is 12.3. The third-order valence-corrected chi connectivity index (χ3v) is 4.26. The molecule has 1 aliphatic rings. The zero-order valence-corrected chi connectivity index (χ0v) is 13.0. The van der Waals surface area contributed by atoms with Crippen LogP contribution in [0.15, 0.2) is 24.3 Å². The average molecular weight is 290 g/mol. The Labute approximate surface area is 127 Å². The van der Waals surface area contributed by atoms with Crippen LogP contribution in [0.25, 0.3) is 0 Å². The van der Waals surface area contributed by atoms with E-state index in [9.17, 15) is 4.79 Å². The molecular weight excluding hydrogens is 264 g/mol. The monoisotopic (exact) mass is 290 g/mol. The van der Waals surface area contributed by atoms with Gasteiger partial charge in [0.05, 0.1) is 0 Å². The fraction of sp³-hybridized carbons (Fsp3) is 0.588. The van der Waals surface area contributed by atoms with Crippen LogP contribution < -0.4 is 10.5 Å². The van der Waals surface area contributed by atoms with Crippen molar-refractivity contribution in [2.45, 2.75) is 39.2 Å². The summed E-state index contributed by atoms with van der Waals surface area (Å²) in [6.07, 6.45) is 3.05. The van der Waals surface area contributed by atoms with E-state index in [2.05, 4.69) is 6.92 Å². The topological polar surface area (TPSA) is 55.6 Å². The van der Waals surface area contributed by atoms with Gasteiger partial charge >= 0.3 is 0 Å². The molecule has 2 unspecified atom stereocenters. The second-order valence-electron chi connectivity index (χ2n) is 5.85. The molecule has 0 bridgehead atoms. The molecule has 2 N–H and O–H groups in total. The Hall–Kier alpha value is -1.55. The molecule has 0 aliphatic carbocycles. The first-order valence-electron chi connectivity index (χ1n) is 7.86. The minimum atomic E-state index is 0.0613. The molecule has 1 aliphatic heterocycles. The molecule has 0 saturated carbocycles. The summed E-state index contributed by atoms with van der Waals surface area (Å²) in [5.74, 6) is 1.28. The van der Waals surface area contributed by atoms with E-state index in [1.54, 1.807) is 0 Å². The number of hydrogen-bond donors (Lipinski definition) is 1. The number of ether oxygens (including phenoxy) is 1. The van der Waals surface area contributed by atoms with E-state index < -0.39 is 0 Å². The number of nitrogens with zero attached hydrogens (tertiary/aromatic N) is 1. The molecule has 2 atom stereocenters. The lowest BCUT2D eigenvalue weighted by Gasteiger charge is -2.34. The second-order valence-corrected chi connectivity index (χ2v) is 5.85. The van der Waals surface area contributed by atoms with Gasteiger partial charge in [0.2, 0.25) is 0 Å². The molecule has 1 heterocycles. The van der Waals surface area contributed by atoms with Gasteiger partial charge in [-0.3, -0.25) is 4.79 Å². The lowest BCUT2D eigenvalue weighted by Crippen LogP contribution is -2.46. The predicted molar refractivity (Wildman–Crippen MR) is 84.3 cm³/mol. The SMILES string of the molecule is CCc1ccccc1OCC(=O)N1CCCC(C(C)N)C1. The van der Waals surface area contributed by atoms with Crippen molar-refractivity contribution in [3.8, 4) is 5.75 Å². The van der Waals surface area contributed by atoms with E-state index in [1.165, 1.54) is 0 Å². The Morgan fingerprint density at radius 2 is 2.24 bits per heavy atom. The van der Waals surface area contributed by atoms with Crippen molar-refractivity contribution in [1.82, 2.24) is 4.90 Å². The summed E-state index contributed by atoms with van der Waals surface area (Å²) < 4.78 is 5.72. The summed E-state index contributed by atoms with van der Waals surface area (Å²) in [5, 5.41) is 0. The Bertz CT molecular complexity index is 474. The van der Waals surface area contributed by atoms with Gasteiger partial charge in [0, 0.05) is 19.1 Å². The molecule has 1 aromatic rings. The number of likely N-dealkylation sites (tertiary alicyclic amines) is 1. The summed E-state index contributed by atoms with van der Waals surface area (Å²) >= 11 is 0. The fourth-order valence-electron chi connectivity index (χ4n) is 2.83. The Kier molecular flexibility index (Phi) is 5.62. The Morgan fingerprint density at radius 3 is 2.95 bits per heavy atom. The summed E-state index contributed by atoms with van der Waals surface area (Å²) in [6, 6.07) is 8.03. The molecule has 1 fully saturated rings. The highest BCUT2D eigenvalue weighted by Gasteiger charge is 2.25. The van der Waals surface area contributed by atoms with E-state index in [4.69, 9.17) is 10.5 Å². The zero-order valence-electron chi connectivity index (χ0n) is 13.0. The first kappa shape index (κ1) is 15.8. The molecule has 1 aromatic carbocycles. The number of carbonyl (C=O) groups is 1. The Morgan fingerprint density at radius 1 is 1.48 bits per heavy atom. The standard InChI is InChI=1S/C17H26N2O2/c1-3-14-7-4-5-9-16(14)21-12-17(20)19-10-6-8-15(11-19)13(2)18/h4-5,7,9,13,15H,3,6,8,10-12,18H2,1-2H3. The molecular formula is C17H26N2O2. The number of rotatable bonds is 5. The first-order valence-corrected chi connectivity index (χ1v) is 7.86. The number of para-hydroxylation sites is 1. The van der Waals surface area contributed by atoms with Crippen molar-refractivity contribution in [2.75, 3.05) is 19.7 Å². The normalized spacial score (nSPS) is 20.1. The van der Waals surface area contributed by atoms with Crippen LogP contribution in [-0.4, -0.2) is 36.5 Å². The third-order valence-electron chi connectivity index (χ3n) is 4.26. The lowest BCUT2D eigenvalue weighted by atomic mass is 9.92. The second kappa shape index (κ2) is 7.46. The largest absolute Gasteiger partial charge is 0.483 e. The maximum Gasteiger partial charge on any atom is 0.260 e. The molecule has 0 spiro atoms. The van der Waals surface area contributed by atoms with Gasteiger partial charge in [0.15, 0.2) is 6.61 Å². The van der Waals surface area contributed by atoms with Gasteiger partial charge in [-0.15, -0.1) is 0 Å². The van der Waals surface area contributed by atoms with Crippen LogP contribution >= 0.6 is 0 Å². The minimum absolute atomic E-state index is 0.0613. The lowest BCUT2D eigenvalue weighted by molar-refractivity contribution is -0.135. The first-order chi connectivity index (χ1) is 10.1. The number of carbonyl (C=O) groups excluding carboxylic acids is 1. The number of amides is 1. The summed E-state index contributed by atoms with van der Waals surface area (Å²) in [4.78, 5) is 14.2. The number of hydrogen-bond acceptors (Lipinski definition) is 3. The third kappa shape index (κ3) is 4.21. The maximum atomic E-state index is 12.3. The summed E-state index contributed by atoms with van der Waals surface area (Å²) in [7, 11) is 0. The van der Waals surface area contributed by atoms with Crippen molar-refractivity contribution >= 4 is 5.91 Å². The predicted octanol–water partition coefficient (Wildman–Crippen LogP) is 2.21. The molecule has 1 amide bonds. The molecule has 4 nitrogen and oxygen atoms in total. The van der Waals surface area contributed by atoms with Gasteiger partial charge in [-0.25, -0.2) is 0 Å². The van der Waals surface area contributed by atoms with Crippen LogP contribution in [-0.2, 0) is 11.2 Å². The van der Waals surface area contributed by atoms with Crippen molar-refractivity contribution < 1.29 is 9.53 Å². The fourth-order valence-corrected chi connectivity index (χ4v) is 2.83. The van der Waals surface area contributed by atoms with Crippen LogP contribution in [0.3, 0.4) is 0 Å². The number of nitrogens with two attached hydrogens (primary N) is 1. The summed E-state index contributed by atoms with van der Waals surface area (Å²) in [6.45, 7) is 5.80. The van der Waals surface area contributed by atoms with E-state index in [1.807, 2.05) is 36.1 Å². The molecule has 0 aromatic heterocycles. The molecule has 21 heavy (non-hydrogen) atoms. The van der Waals surface area contributed by atoms with Crippen LogP contribution in [0.5, 0.6) is 5.75 Å². The number of aryl methyl sites for hydroxylation is 1. The van der Waals surface area contributed by atoms with Gasteiger partial charge in [0.25, 0.3) is 5.91 Å². The van der Waals surface area contributed by atoms with Gasteiger partial charge < -0.3 is 15.4 Å². The number of piperidine rings is 1. The van der Waals surface area contributed by atoms with Gasteiger partial charge in [-0.1, -0.05) is 25.1 Å². The van der Waals surface area contributed by atoms with Gasteiger partial charge in [-0.05, 0) is 43.7 Å². The molecule has 2 rings (SSSR count).